The van der Waals surface area contributed by atoms with Crippen molar-refractivity contribution in [3.05, 3.63) is 27.7 Å². The number of hydrogen-bond acceptors (Lipinski definition) is 8. The number of hydrogen-bond donors (Lipinski definition) is 0. The minimum atomic E-state index is -0.795. The number of unbranched alkanes of at least 4 members (excludes halogenated alkanes) is 1. The van der Waals surface area contributed by atoms with Crippen LogP contribution in [0.5, 0.6) is 5.75 Å². The molecule has 0 radical (unpaired) electrons. The highest BCUT2D eigenvalue weighted by molar-refractivity contribution is 5.94. The Morgan fingerprint density at radius 3 is 2.18 bits per heavy atom. The van der Waals surface area contributed by atoms with Gasteiger partial charge in [-0.25, -0.2) is 14.4 Å². The molecule has 0 unspecified atom stereocenters. The topological polar surface area (TPSA) is 113 Å². The van der Waals surface area contributed by atoms with E-state index >= 15 is 0 Å². The van der Waals surface area contributed by atoms with Crippen molar-refractivity contribution in [2.75, 3.05) is 19.8 Å². The first kappa shape index (κ1) is 29.5. The zero-order chi connectivity index (χ0) is 28.0. The number of pyridine rings is 1. The molecule has 10 heteroatoms. The van der Waals surface area contributed by atoms with Crippen molar-refractivity contribution in [1.82, 2.24) is 9.47 Å². The molecule has 0 N–H and O–H groups in total. The van der Waals surface area contributed by atoms with Gasteiger partial charge in [0.1, 0.15) is 11.2 Å². The van der Waals surface area contributed by atoms with Gasteiger partial charge in [-0.15, -0.1) is 0 Å². The average molecular weight is 535 g/mol. The van der Waals surface area contributed by atoms with E-state index in [0.29, 0.717) is 6.42 Å². The first-order valence-electron chi connectivity index (χ1n) is 13.8. The van der Waals surface area contributed by atoms with Crippen LogP contribution in [-0.2, 0) is 20.8 Å². The number of rotatable bonds is 10. The third kappa shape index (κ3) is 6.69. The van der Waals surface area contributed by atoms with E-state index in [4.69, 9.17) is 18.9 Å². The lowest BCUT2D eigenvalue weighted by Gasteiger charge is -2.51. The minimum Gasteiger partial charge on any atom is -0.487 e. The Morgan fingerprint density at radius 2 is 1.61 bits per heavy atom. The van der Waals surface area contributed by atoms with E-state index in [2.05, 4.69) is 0 Å². The van der Waals surface area contributed by atoms with E-state index in [1.54, 1.807) is 18.7 Å². The van der Waals surface area contributed by atoms with Crippen molar-refractivity contribution in [2.24, 2.45) is 5.92 Å². The zero-order valence-corrected chi connectivity index (χ0v) is 23.5. The van der Waals surface area contributed by atoms with Crippen LogP contribution in [0.2, 0.25) is 0 Å². The van der Waals surface area contributed by atoms with Crippen molar-refractivity contribution in [3.8, 4) is 5.75 Å². The fourth-order valence-electron chi connectivity index (χ4n) is 5.30. The summed E-state index contributed by atoms with van der Waals surface area (Å²) >= 11 is 0. The normalized spacial score (nSPS) is 20.7. The molecule has 1 aromatic heterocycles. The van der Waals surface area contributed by atoms with Gasteiger partial charge in [0.05, 0.1) is 25.9 Å². The number of piperidine rings is 2. The number of esters is 2. The maximum atomic E-state index is 13.4. The molecule has 1 aliphatic carbocycles. The van der Waals surface area contributed by atoms with Crippen LogP contribution in [-0.4, -0.2) is 65.0 Å². The lowest BCUT2D eigenvalue weighted by atomic mass is 9.74. The van der Waals surface area contributed by atoms with Gasteiger partial charge in [-0.1, -0.05) is 13.3 Å². The van der Waals surface area contributed by atoms with Crippen molar-refractivity contribution in [2.45, 2.75) is 104 Å². The Kier molecular flexibility index (Phi) is 9.84. The summed E-state index contributed by atoms with van der Waals surface area (Å²) in [6.07, 6.45) is 6.06. The fourth-order valence-corrected chi connectivity index (χ4v) is 5.30. The van der Waals surface area contributed by atoms with Gasteiger partial charge in [-0.05, 0) is 72.6 Å². The van der Waals surface area contributed by atoms with E-state index in [9.17, 15) is 19.2 Å². The van der Waals surface area contributed by atoms with Crippen LogP contribution >= 0.6 is 0 Å². The summed E-state index contributed by atoms with van der Waals surface area (Å²) in [7, 11) is 0. The van der Waals surface area contributed by atoms with Gasteiger partial charge >= 0.3 is 18.0 Å². The molecule has 1 amide bonds. The molecule has 4 rings (SSSR count). The van der Waals surface area contributed by atoms with Crippen LogP contribution in [0.3, 0.4) is 0 Å². The van der Waals surface area contributed by atoms with Crippen molar-refractivity contribution < 1.29 is 33.3 Å². The van der Waals surface area contributed by atoms with Crippen LogP contribution in [0.15, 0.2) is 11.0 Å². The number of ether oxygens (including phenoxy) is 4. The molecule has 3 heterocycles. The van der Waals surface area contributed by atoms with E-state index in [0.717, 1.165) is 32.1 Å². The standard InChI is InChI=1S/C28H42N2O8/c1-7-10-15-37-24-22(26(33)36-9-3)29(16-20(23(24)31)25(32)35-8-2)17-21-18-11-13-19(14-12-18)30(21)27(34)38-28(4,5)6/h16,18-19,21H,7-15,17H2,1-6H3/t18?,19?,21-/m1/s1. The number of carbonyl (C=O) groups is 3. The van der Waals surface area contributed by atoms with Crippen LogP contribution < -0.4 is 10.2 Å². The molecule has 2 aliphatic heterocycles. The van der Waals surface area contributed by atoms with E-state index in [1.165, 1.54) is 10.8 Å². The van der Waals surface area contributed by atoms with Gasteiger partial charge in [0.15, 0.2) is 11.4 Å². The van der Waals surface area contributed by atoms with Crippen LogP contribution in [0.1, 0.15) is 101 Å². The lowest BCUT2D eigenvalue weighted by Crippen LogP contribution is -2.59. The number of aromatic nitrogens is 1. The van der Waals surface area contributed by atoms with Crippen molar-refractivity contribution >= 4 is 18.0 Å². The van der Waals surface area contributed by atoms with Gasteiger partial charge in [-0.2, -0.15) is 0 Å². The van der Waals surface area contributed by atoms with E-state index in [-0.39, 0.29) is 61.4 Å². The van der Waals surface area contributed by atoms with Crippen molar-refractivity contribution in [3.63, 3.8) is 0 Å². The molecule has 3 fully saturated rings. The maximum absolute atomic E-state index is 13.4. The summed E-state index contributed by atoms with van der Waals surface area (Å²) in [5.41, 5.74) is -1.67. The highest BCUT2D eigenvalue weighted by atomic mass is 16.6. The van der Waals surface area contributed by atoms with Crippen LogP contribution in [0.25, 0.3) is 0 Å². The smallest absolute Gasteiger partial charge is 0.410 e. The van der Waals surface area contributed by atoms with Crippen LogP contribution in [0.4, 0.5) is 4.79 Å². The highest BCUT2D eigenvalue weighted by Crippen LogP contribution is 2.41. The second-order valence-electron chi connectivity index (χ2n) is 10.9. The number of carbonyl (C=O) groups excluding carboxylic acids is 3. The molecule has 212 valence electrons. The minimum absolute atomic E-state index is 0.0232. The fraction of sp³-hybridized carbons (Fsp3) is 0.714. The van der Waals surface area contributed by atoms with Gasteiger partial charge in [0.2, 0.25) is 5.43 Å². The molecule has 1 atom stereocenters. The predicted molar refractivity (Wildman–Crippen MR) is 141 cm³/mol. The number of nitrogens with zero attached hydrogens (tertiary/aromatic N) is 2. The first-order chi connectivity index (χ1) is 18.0. The average Bonchev–Trinajstić information content (AvgIpc) is 2.85. The summed E-state index contributed by atoms with van der Waals surface area (Å²) in [5.74, 6) is -1.57. The zero-order valence-electron chi connectivity index (χ0n) is 23.5. The van der Waals surface area contributed by atoms with Gasteiger partial charge in [0, 0.05) is 18.8 Å². The third-order valence-electron chi connectivity index (χ3n) is 6.97. The number of amides is 1. The van der Waals surface area contributed by atoms with Gasteiger partial charge in [0.25, 0.3) is 0 Å². The first-order valence-corrected chi connectivity index (χ1v) is 13.8. The number of fused-ring (bicyclic) bond motifs is 3. The quantitative estimate of drug-likeness (QED) is 0.244. The monoisotopic (exact) mass is 534 g/mol. The lowest BCUT2D eigenvalue weighted by molar-refractivity contribution is -0.0451. The Labute approximate surface area is 224 Å². The second kappa shape index (κ2) is 12.7. The summed E-state index contributed by atoms with van der Waals surface area (Å²) < 4.78 is 23.6. The highest BCUT2D eigenvalue weighted by Gasteiger charge is 2.46. The molecule has 1 saturated carbocycles. The largest absolute Gasteiger partial charge is 0.487 e. The van der Waals surface area contributed by atoms with Crippen molar-refractivity contribution in [1.29, 1.82) is 0 Å². The summed E-state index contributed by atoms with van der Waals surface area (Å²) in [6.45, 7) is 11.3. The second-order valence-corrected chi connectivity index (χ2v) is 10.9. The van der Waals surface area contributed by atoms with E-state index in [1.807, 2.05) is 27.7 Å². The molecule has 2 bridgehead atoms. The van der Waals surface area contributed by atoms with Gasteiger partial charge < -0.3 is 28.4 Å². The Balaban J connectivity index is 2.13. The summed E-state index contributed by atoms with van der Waals surface area (Å²) in [4.78, 5) is 54.5. The summed E-state index contributed by atoms with van der Waals surface area (Å²) in [6, 6.07) is -0.276. The molecular formula is C28H42N2O8. The Hall–Kier alpha value is -3.04. The predicted octanol–water partition coefficient (Wildman–Crippen LogP) is 4.56. The molecular weight excluding hydrogens is 492 g/mol. The molecule has 0 aromatic carbocycles. The summed E-state index contributed by atoms with van der Waals surface area (Å²) in [5, 5.41) is 0. The molecule has 1 aromatic rings. The Morgan fingerprint density at radius 1 is 0.974 bits per heavy atom. The van der Waals surface area contributed by atoms with E-state index < -0.39 is 29.1 Å². The molecule has 38 heavy (non-hydrogen) atoms. The molecule has 2 saturated heterocycles. The SMILES string of the molecule is CCCCOc1c(C(=O)OCC)n(C[C@@H]2C3CCC(CC3)N2C(=O)OC(C)(C)C)cc(C(=O)OCC)c1=O. The molecule has 10 nitrogen and oxygen atoms in total. The molecule has 3 aliphatic rings. The Bertz CT molecular complexity index is 1070. The maximum Gasteiger partial charge on any atom is 0.410 e. The van der Waals surface area contributed by atoms with Gasteiger partial charge in [-0.3, -0.25) is 4.79 Å². The molecule has 0 spiro atoms. The van der Waals surface area contributed by atoms with Crippen LogP contribution in [0, 0.1) is 5.92 Å². The third-order valence-corrected chi connectivity index (χ3v) is 6.97.